The molecule has 0 bridgehead atoms. The van der Waals surface area contributed by atoms with Crippen molar-refractivity contribution >= 4 is 0 Å². The summed E-state index contributed by atoms with van der Waals surface area (Å²) in [4.78, 5) is 2.47. The van der Waals surface area contributed by atoms with E-state index in [1.807, 2.05) is 6.92 Å². The Kier molecular flexibility index (Phi) is 5.37. The molecule has 1 aromatic carbocycles. The maximum atomic E-state index is 6.49. The van der Waals surface area contributed by atoms with Gasteiger partial charge in [-0.05, 0) is 37.4 Å². The van der Waals surface area contributed by atoms with Crippen molar-refractivity contribution < 1.29 is 4.74 Å². The third kappa shape index (κ3) is 3.35. The minimum Gasteiger partial charge on any atom is -0.380 e. The van der Waals surface area contributed by atoms with Gasteiger partial charge in [0, 0.05) is 25.2 Å². The Morgan fingerprint density at radius 1 is 1.32 bits per heavy atom. The molecule has 0 saturated heterocycles. The van der Waals surface area contributed by atoms with E-state index < -0.39 is 0 Å². The quantitative estimate of drug-likeness (QED) is 0.800. The third-order valence-corrected chi connectivity index (χ3v) is 4.14. The summed E-state index contributed by atoms with van der Waals surface area (Å²) in [6, 6.07) is 9.17. The predicted molar refractivity (Wildman–Crippen MR) is 79.2 cm³/mol. The number of ether oxygens (including phenoxy) is 1. The summed E-state index contributed by atoms with van der Waals surface area (Å²) in [5, 5.41) is 0. The van der Waals surface area contributed by atoms with Gasteiger partial charge >= 0.3 is 0 Å². The summed E-state index contributed by atoms with van der Waals surface area (Å²) < 4.78 is 5.48. The van der Waals surface area contributed by atoms with E-state index in [0.717, 1.165) is 39.1 Å². The van der Waals surface area contributed by atoms with Crippen LogP contribution in [0.1, 0.15) is 37.4 Å². The SMILES string of the molecule is CCOCCN(CC)C1CCc2ccccc2C1N. The number of likely N-dealkylation sites (N-methyl/N-ethyl adjacent to an activating group) is 1. The minimum atomic E-state index is 0.131. The highest BCUT2D eigenvalue weighted by Crippen LogP contribution is 2.31. The van der Waals surface area contributed by atoms with Gasteiger partial charge in [0.2, 0.25) is 0 Å². The second-order valence-electron chi connectivity index (χ2n) is 5.16. The summed E-state index contributed by atoms with van der Waals surface area (Å²) >= 11 is 0. The monoisotopic (exact) mass is 262 g/mol. The van der Waals surface area contributed by atoms with E-state index >= 15 is 0 Å². The fourth-order valence-corrected chi connectivity index (χ4v) is 3.07. The second-order valence-corrected chi connectivity index (χ2v) is 5.16. The van der Waals surface area contributed by atoms with Crippen molar-refractivity contribution in [1.29, 1.82) is 0 Å². The lowest BCUT2D eigenvalue weighted by atomic mass is 9.84. The molecule has 3 heteroatoms. The van der Waals surface area contributed by atoms with Gasteiger partial charge in [0.15, 0.2) is 0 Å². The summed E-state index contributed by atoms with van der Waals surface area (Å²) in [6.45, 7) is 7.85. The molecule has 1 aliphatic rings. The lowest BCUT2D eigenvalue weighted by molar-refractivity contribution is 0.0845. The lowest BCUT2D eigenvalue weighted by Crippen LogP contribution is -2.46. The molecule has 0 amide bonds. The van der Waals surface area contributed by atoms with Crippen LogP contribution in [0.2, 0.25) is 0 Å². The number of hydrogen-bond acceptors (Lipinski definition) is 3. The van der Waals surface area contributed by atoms with E-state index in [0.29, 0.717) is 6.04 Å². The Morgan fingerprint density at radius 3 is 2.84 bits per heavy atom. The predicted octanol–water partition coefficient (Wildman–Crippen LogP) is 2.36. The summed E-state index contributed by atoms with van der Waals surface area (Å²) in [5.74, 6) is 0. The summed E-state index contributed by atoms with van der Waals surface area (Å²) in [6.07, 6.45) is 2.29. The minimum absolute atomic E-state index is 0.131. The molecule has 19 heavy (non-hydrogen) atoms. The Balaban J connectivity index is 2.04. The molecule has 0 aliphatic heterocycles. The zero-order chi connectivity index (χ0) is 13.7. The summed E-state index contributed by atoms with van der Waals surface area (Å²) in [5.41, 5.74) is 9.24. The van der Waals surface area contributed by atoms with Crippen molar-refractivity contribution in [2.75, 3.05) is 26.3 Å². The topological polar surface area (TPSA) is 38.5 Å². The van der Waals surface area contributed by atoms with E-state index in [2.05, 4.69) is 36.1 Å². The van der Waals surface area contributed by atoms with Crippen LogP contribution in [-0.4, -0.2) is 37.2 Å². The van der Waals surface area contributed by atoms with Crippen molar-refractivity contribution in [3.63, 3.8) is 0 Å². The number of rotatable bonds is 6. The van der Waals surface area contributed by atoms with Crippen LogP contribution >= 0.6 is 0 Å². The lowest BCUT2D eigenvalue weighted by Gasteiger charge is -2.39. The molecule has 1 aliphatic carbocycles. The zero-order valence-electron chi connectivity index (χ0n) is 12.1. The molecule has 0 saturated carbocycles. The fraction of sp³-hybridized carbons (Fsp3) is 0.625. The van der Waals surface area contributed by atoms with Crippen LogP contribution in [0.5, 0.6) is 0 Å². The Labute approximate surface area is 116 Å². The highest BCUT2D eigenvalue weighted by atomic mass is 16.5. The molecule has 2 unspecified atom stereocenters. The molecule has 2 N–H and O–H groups in total. The average molecular weight is 262 g/mol. The highest BCUT2D eigenvalue weighted by molar-refractivity contribution is 5.33. The Hall–Kier alpha value is -0.900. The molecule has 0 fully saturated rings. The first-order chi connectivity index (χ1) is 9.27. The van der Waals surface area contributed by atoms with Gasteiger partial charge in [-0.25, -0.2) is 0 Å². The van der Waals surface area contributed by atoms with Gasteiger partial charge in [0.05, 0.1) is 6.61 Å². The van der Waals surface area contributed by atoms with Gasteiger partial charge in [-0.1, -0.05) is 31.2 Å². The van der Waals surface area contributed by atoms with E-state index in [9.17, 15) is 0 Å². The van der Waals surface area contributed by atoms with Crippen molar-refractivity contribution in [2.45, 2.75) is 38.8 Å². The van der Waals surface area contributed by atoms with Gasteiger partial charge in [-0.2, -0.15) is 0 Å². The number of benzene rings is 1. The summed E-state index contributed by atoms with van der Waals surface area (Å²) in [7, 11) is 0. The number of fused-ring (bicyclic) bond motifs is 1. The molecule has 3 nitrogen and oxygen atoms in total. The Bertz CT molecular complexity index is 394. The van der Waals surface area contributed by atoms with Crippen molar-refractivity contribution in [3.05, 3.63) is 35.4 Å². The maximum absolute atomic E-state index is 6.49. The van der Waals surface area contributed by atoms with Crippen molar-refractivity contribution in [3.8, 4) is 0 Å². The zero-order valence-corrected chi connectivity index (χ0v) is 12.1. The van der Waals surface area contributed by atoms with Crippen LogP contribution in [0.15, 0.2) is 24.3 Å². The van der Waals surface area contributed by atoms with Crippen LogP contribution in [0.3, 0.4) is 0 Å². The largest absolute Gasteiger partial charge is 0.380 e. The van der Waals surface area contributed by atoms with Crippen LogP contribution in [-0.2, 0) is 11.2 Å². The van der Waals surface area contributed by atoms with E-state index in [-0.39, 0.29) is 6.04 Å². The van der Waals surface area contributed by atoms with Crippen molar-refractivity contribution in [2.24, 2.45) is 5.73 Å². The average Bonchev–Trinajstić information content (AvgIpc) is 2.45. The fourth-order valence-electron chi connectivity index (χ4n) is 3.07. The molecule has 1 aromatic rings. The number of aryl methyl sites for hydroxylation is 1. The van der Waals surface area contributed by atoms with Gasteiger partial charge < -0.3 is 10.5 Å². The highest BCUT2D eigenvalue weighted by Gasteiger charge is 2.29. The molecular weight excluding hydrogens is 236 g/mol. The van der Waals surface area contributed by atoms with Crippen LogP contribution in [0, 0.1) is 0 Å². The first kappa shape index (κ1) is 14.5. The molecule has 2 rings (SSSR count). The number of nitrogens with two attached hydrogens (primary N) is 1. The van der Waals surface area contributed by atoms with Gasteiger partial charge in [0.25, 0.3) is 0 Å². The third-order valence-electron chi connectivity index (χ3n) is 4.14. The first-order valence-electron chi connectivity index (χ1n) is 7.43. The number of hydrogen-bond donors (Lipinski definition) is 1. The van der Waals surface area contributed by atoms with Crippen LogP contribution in [0.25, 0.3) is 0 Å². The van der Waals surface area contributed by atoms with Gasteiger partial charge in [-0.3, -0.25) is 4.90 Å². The van der Waals surface area contributed by atoms with E-state index in [4.69, 9.17) is 10.5 Å². The van der Waals surface area contributed by atoms with Crippen molar-refractivity contribution in [1.82, 2.24) is 4.90 Å². The van der Waals surface area contributed by atoms with E-state index in [1.165, 1.54) is 11.1 Å². The van der Waals surface area contributed by atoms with E-state index in [1.54, 1.807) is 0 Å². The first-order valence-corrected chi connectivity index (χ1v) is 7.43. The maximum Gasteiger partial charge on any atom is 0.0593 e. The second kappa shape index (κ2) is 7.04. The molecule has 2 atom stereocenters. The molecule has 0 aromatic heterocycles. The van der Waals surface area contributed by atoms with Crippen LogP contribution in [0.4, 0.5) is 0 Å². The smallest absolute Gasteiger partial charge is 0.0593 e. The molecule has 0 spiro atoms. The standard InChI is InChI=1S/C16H26N2O/c1-3-18(11-12-19-4-2)15-10-9-13-7-5-6-8-14(13)16(15)17/h5-8,15-16H,3-4,9-12,17H2,1-2H3. The van der Waals surface area contributed by atoms with Gasteiger partial charge in [-0.15, -0.1) is 0 Å². The van der Waals surface area contributed by atoms with Gasteiger partial charge in [0.1, 0.15) is 0 Å². The van der Waals surface area contributed by atoms with Crippen LogP contribution < -0.4 is 5.73 Å². The normalized spacial score (nSPS) is 22.5. The number of nitrogens with zero attached hydrogens (tertiary/aromatic N) is 1. The molecule has 0 radical (unpaired) electrons. The molecular formula is C16H26N2O. The molecule has 0 heterocycles. The molecule has 106 valence electrons. The Morgan fingerprint density at radius 2 is 2.11 bits per heavy atom.